The van der Waals surface area contributed by atoms with Crippen molar-refractivity contribution in [2.24, 2.45) is 5.41 Å². The highest BCUT2D eigenvalue weighted by molar-refractivity contribution is 4.93. The largest absolute Gasteiger partial charge is 0.396 e. The van der Waals surface area contributed by atoms with E-state index in [1.165, 1.54) is 51.6 Å². The van der Waals surface area contributed by atoms with Crippen LogP contribution in [-0.2, 0) is 4.74 Å². The molecule has 3 aliphatic rings. The molecule has 0 radical (unpaired) electrons. The van der Waals surface area contributed by atoms with Crippen LogP contribution in [0.3, 0.4) is 0 Å². The fourth-order valence-electron chi connectivity index (χ4n) is 4.07. The maximum Gasteiger partial charge on any atom is 0.0546 e. The van der Waals surface area contributed by atoms with Crippen LogP contribution in [0.15, 0.2) is 0 Å². The van der Waals surface area contributed by atoms with Gasteiger partial charge in [0.25, 0.3) is 0 Å². The lowest BCUT2D eigenvalue weighted by Crippen LogP contribution is -2.50. The van der Waals surface area contributed by atoms with E-state index < -0.39 is 0 Å². The Kier molecular flexibility index (Phi) is 5.54. The zero-order valence-corrected chi connectivity index (χ0v) is 13.4. The average molecular weight is 296 g/mol. The van der Waals surface area contributed by atoms with Crippen LogP contribution in [0, 0.1) is 5.41 Å². The highest BCUT2D eigenvalue weighted by Gasteiger charge is 2.38. The molecule has 1 saturated carbocycles. The van der Waals surface area contributed by atoms with Crippen LogP contribution in [0.5, 0.6) is 0 Å². The molecule has 0 aromatic heterocycles. The third-order valence-corrected chi connectivity index (χ3v) is 5.48. The summed E-state index contributed by atoms with van der Waals surface area (Å²) >= 11 is 0. The van der Waals surface area contributed by atoms with Crippen molar-refractivity contribution < 1.29 is 9.84 Å². The van der Waals surface area contributed by atoms with E-state index in [9.17, 15) is 0 Å². The quantitative estimate of drug-likeness (QED) is 0.716. The molecule has 122 valence electrons. The first-order chi connectivity index (χ1) is 10.3. The molecule has 2 heterocycles. The van der Waals surface area contributed by atoms with Crippen molar-refractivity contribution in [2.45, 2.75) is 63.5 Å². The minimum absolute atomic E-state index is 0.322. The summed E-state index contributed by atoms with van der Waals surface area (Å²) in [6.07, 6.45) is 9.97. The number of aliphatic hydroxyl groups excluding tert-OH is 1. The average Bonchev–Trinajstić information content (AvgIpc) is 3.25. The molecule has 0 amide bonds. The fraction of sp³-hybridized carbons (Fsp3) is 1.00. The molecule has 0 spiro atoms. The number of aliphatic hydroxyl groups is 1. The van der Waals surface area contributed by atoms with Gasteiger partial charge < -0.3 is 15.2 Å². The molecular formula is C17H32N2O2. The van der Waals surface area contributed by atoms with Gasteiger partial charge in [0, 0.05) is 43.8 Å². The number of nitrogens with one attached hydrogen (secondary N) is 1. The molecular weight excluding hydrogens is 264 g/mol. The summed E-state index contributed by atoms with van der Waals surface area (Å²) in [7, 11) is 0. The summed E-state index contributed by atoms with van der Waals surface area (Å²) in [6.45, 7) is 5.75. The molecule has 0 bridgehead atoms. The smallest absolute Gasteiger partial charge is 0.0546 e. The third kappa shape index (κ3) is 4.41. The standard InChI is InChI=1S/C17H32N2O2/c20-10-2-5-16-4-1-9-19(16)13-17(8-3-11-21-14-17)12-18-15-6-7-15/h15-16,18,20H,1-14H2. The predicted octanol–water partition coefficient (Wildman–Crippen LogP) is 1.77. The van der Waals surface area contributed by atoms with E-state index in [0.29, 0.717) is 18.1 Å². The first kappa shape index (κ1) is 15.7. The summed E-state index contributed by atoms with van der Waals surface area (Å²) in [4.78, 5) is 2.69. The van der Waals surface area contributed by atoms with E-state index in [1.807, 2.05) is 0 Å². The number of ether oxygens (including phenoxy) is 1. The van der Waals surface area contributed by atoms with Crippen molar-refractivity contribution in [3.05, 3.63) is 0 Å². The lowest BCUT2D eigenvalue weighted by Gasteiger charge is -2.42. The van der Waals surface area contributed by atoms with E-state index in [1.54, 1.807) is 0 Å². The normalized spacial score (nSPS) is 34.4. The van der Waals surface area contributed by atoms with Crippen LogP contribution in [0.1, 0.15) is 51.4 Å². The zero-order chi connectivity index (χ0) is 14.5. The van der Waals surface area contributed by atoms with Crippen molar-refractivity contribution in [2.75, 3.05) is 39.5 Å². The Morgan fingerprint density at radius 3 is 2.86 bits per heavy atom. The maximum absolute atomic E-state index is 9.09. The van der Waals surface area contributed by atoms with Crippen LogP contribution < -0.4 is 5.32 Å². The minimum atomic E-state index is 0.322. The van der Waals surface area contributed by atoms with Gasteiger partial charge in [-0.05, 0) is 57.9 Å². The van der Waals surface area contributed by atoms with E-state index >= 15 is 0 Å². The molecule has 2 saturated heterocycles. The minimum Gasteiger partial charge on any atom is -0.396 e. The second-order valence-electron chi connectivity index (χ2n) is 7.44. The van der Waals surface area contributed by atoms with Crippen molar-refractivity contribution in [3.8, 4) is 0 Å². The van der Waals surface area contributed by atoms with Crippen molar-refractivity contribution in [3.63, 3.8) is 0 Å². The molecule has 2 N–H and O–H groups in total. The van der Waals surface area contributed by atoms with Gasteiger partial charge in [-0.1, -0.05) is 0 Å². The Hall–Kier alpha value is -0.160. The third-order valence-electron chi connectivity index (χ3n) is 5.48. The molecule has 0 aromatic rings. The van der Waals surface area contributed by atoms with Crippen molar-refractivity contribution in [1.29, 1.82) is 0 Å². The molecule has 1 aliphatic carbocycles. The molecule has 4 heteroatoms. The summed E-state index contributed by atoms with van der Waals surface area (Å²) in [5.41, 5.74) is 0.322. The Labute approximate surface area is 129 Å². The monoisotopic (exact) mass is 296 g/mol. The molecule has 2 aliphatic heterocycles. The Bertz CT molecular complexity index is 314. The molecule has 4 nitrogen and oxygen atoms in total. The molecule has 3 rings (SSSR count). The molecule has 21 heavy (non-hydrogen) atoms. The first-order valence-electron chi connectivity index (χ1n) is 8.97. The molecule has 2 unspecified atom stereocenters. The topological polar surface area (TPSA) is 44.7 Å². The summed E-state index contributed by atoms with van der Waals surface area (Å²) in [5, 5.41) is 12.8. The fourth-order valence-corrected chi connectivity index (χ4v) is 4.07. The lowest BCUT2D eigenvalue weighted by atomic mass is 9.81. The Morgan fingerprint density at radius 1 is 1.24 bits per heavy atom. The van der Waals surface area contributed by atoms with Gasteiger partial charge in [-0.3, -0.25) is 4.90 Å². The summed E-state index contributed by atoms with van der Waals surface area (Å²) in [5.74, 6) is 0. The maximum atomic E-state index is 9.09. The van der Waals surface area contributed by atoms with Gasteiger partial charge in [-0.2, -0.15) is 0 Å². The van der Waals surface area contributed by atoms with Crippen molar-refractivity contribution >= 4 is 0 Å². The van der Waals surface area contributed by atoms with Gasteiger partial charge >= 0.3 is 0 Å². The Balaban J connectivity index is 1.56. The van der Waals surface area contributed by atoms with E-state index in [2.05, 4.69) is 10.2 Å². The molecule has 2 atom stereocenters. The van der Waals surface area contributed by atoms with Gasteiger partial charge in [0.05, 0.1) is 6.61 Å². The van der Waals surface area contributed by atoms with Gasteiger partial charge in [-0.15, -0.1) is 0 Å². The SMILES string of the molecule is OCCCC1CCCN1CC1(CNC2CC2)CCCOC1. The number of nitrogens with zero attached hydrogens (tertiary/aromatic N) is 1. The second kappa shape index (κ2) is 7.40. The van der Waals surface area contributed by atoms with Gasteiger partial charge in [-0.25, -0.2) is 0 Å². The van der Waals surface area contributed by atoms with E-state index in [0.717, 1.165) is 38.6 Å². The van der Waals surface area contributed by atoms with Crippen LogP contribution in [0.2, 0.25) is 0 Å². The number of hydrogen-bond acceptors (Lipinski definition) is 4. The van der Waals surface area contributed by atoms with Crippen LogP contribution >= 0.6 is 0 Å². The first-order valence-corrected chi connectivity index (χ1v) is 8.97. The summed E-state index contributed by atoms with van der Waals surface area (Å²) < 4.78 is 5.86. The van der Waals surface area contributed by atoms with E-state index in [-0.39, 0.29) is 0 Å². The number of rotatable bonds is 8. The van der Waals surface area contributed by atoms with Gasteiger partial charge in [0.2, 0.25) is 0 Å². The molecule has 0 aromatic carbocycles. The van der Waals surface area contributed by atoms with Gasteiger partial charge in [0.1, 0.15) is 0 Å². The molecule has 3 fully saturated rings. The zero-order valence-electron chi connectivity index (χ0n) is 13.4. The second-order valence-corrected chi connectivity index (χ2v) is 7.44. The van der Waals surface area contributed by atoms with Crippen LogP contribution in [-0.4, -0.2) is 61.5 Å². The van der Waals surface area contributed by atoms with Crippen LogP contribution in [0.4, 0.5) is 0 Å². The van der Waals surface area contributed by atoms with E-state index in [4.69, 9.17) is 9.84 Å². The van der Waals surface area contributed by atoms with Crippen molar-refractivity contribution in [1.82, 2.24) is 10.2 Å². The number of likely N-dealkylation sites (tertiary alicyclic amines) is 1. The highest BCUT2D eigenvalue weighted by atomic mass is 16.5. The summed E-state index contributed by atoms with van der Waals surface area (Å²) in [6, 6.07) is 1.48. The number of hydrogen-bond donors (Lipinski definition) is 2. The van der Waals surface area contributed by atoms with Gasteiger partial charge in [0.15, 0.2) is 0 Å². The lowest BCUT2D eigenvalue weighted by molar-refractivity contribution is -0.0289. The highest BCUT2D eigenvalue weighted by Crippen LogP contribution is 2.34. The predicted molar refractivity (Wildman–Crippen MR) is 84.4 cm³/mol. The Morgan fingerprint density at radius 2 is 2.14 bits per heavy atom. The van der Waals surface area contributed by atoms with Crippen LogP contribution in [0.25, 0.3) is 0 Å².